The highest BCUT2D eigenvalue weighted by atomic mass is 16.6. The molecule has 0 bridgehead atoms. The predicted molar refractivity (Wildman–Crippen MR) is 136 cm³/mol. The number of carbonyl (C=O) groups excluding carboxylic acids is 1. The van der Waals surface area contributed by atoms with Crippen LogP contribution in [0.4, 0.5) is 22.7 Å². The number of aliphatic imine (C=N–C) groups is 1. The fraction of sp³-hybridized carbons (Fsp3) is 0.185. The number of aryl methyl sites for hydroxylation is 2. The van der Waals surface area contributed by atoms with Crippen LogP contribution in [-0.4, -0.2) is 21.5 Å². The van der Waals surface area contributed by atoms with E-state index in [-0.39, 0.29) is 22.9 Å². The van der Waals surface area contributed by atoms with Crippen LogP contribution < -0.4 is 4.90 Å². The number of para-hydroxylation sites is 1. The van der Waals surface area contributed by atoms with E-state index in [1.165, 1.54) is 35.2 Å². The van der Waals surface area contributed by atoms with Gasteiger partial charge in [0.05, 0.1) is 38.2 Å². The number of nitro benzene ring substituents is 2. The van der Waals surface area contributed by atoms with Gasteiger partial charge in [-0.1, -0.05) is 44.2 Å². The first-order chi connectivity index (χ1) is 17.2. The van der Waals surface area contributed by atoms with Crippen LogP contribution in [0, 0.1) is 27.2 Å². The third-order valence-electron chi connectivity index (χ3n) is 6.68. The number of anilines is 1. The lowest BCUT2D eigenvalue weighted by molar-refractivity contribution is -0.385. The van der Waals surface area contributed by atoms with Gasteiger partial charge in [-0.15, -0.1) is 0 Å². The second kappa shape index (κ2) is 8.53. The molecule has 1 unspecified atom stereocenters. The summed E-state index contributed by atoms with van der Waals surface area (Å²) in [6.07, 6.45) is 2.63. The molecule has 9 nitrogen and oxygen atoms in total. The average Bonchev–Trinajstić information content (AvgIpc) is 3.10. The molecule has 0 aliphatic carbocycles. The number of amides is 1. The Hall–Kier alpha value is -4.66. The van der Waals surface area contributed by atoms with Crippen LogP contribution in [0.3, 0.4) is 0 Å². The zero-order chi connectivity index (χ0) is 25.7. The largest absolute Gasteiger partial charge is 0.274 e. The van der Waals surface area contributed by atoms with Gasteiger partial charge in [-0.05, 0) is 36.1 Å². The van der Waals surface area contributed by atoms with E-state index in [1.54, 1.807) is 6.07 Å². The minimum absolute atomic E-state index is 0.114. The number of non-ortho nitro benzene ring substituents is 2. The zero-order valence-electron chi connectivity index (χ0n) is 19.9. The molecule has 2 heterocycles. The number of allylic oxidation sites excluding steroid dienone is 2. The summed E-state index contributed by atoms with van der Waals surface area (Å²) in [6.45, 7) is 5.88. The summed E-state index contributed by atoms with van der Waals surface area (Å²) in [6, 6.07) is 14.5. The molecular weight excluding hydrogens is 460 g/mol. The van der Waals surface area contributed by atoms with Crippen molar-refractivity contribution in [1.29, 1.82) is 0 Å². The van der Waals surface area contributed by atoms with Crippen LogP contribution in [0.5, 0.6) is 0 Å². The van der Waals surface area contributed by atoms with Gasteiger partial charge in [-0.25, -0.2) is 4.99 Å². The first-order valence-corrected chi connectivity index (χ1v) is 11.5. The highest BCUT2D eigenvalue weighted by molar-refractivity contribution is 6.31. The molecule has 0 saturated carbocycles. The lowest BCUT2D eigenvalue weighted by atomic mass is 9.94. The molecule has 3 aromatic rings. The van der Waals surface area contributed by atoms with Crippen molar-refractivity contribution in [2.75, 3.05) is 4.90 Å². The molecule has 3 aromatic carbocycles. The smallest absolute Gasteiger partial charge is 0.270 e. The minimum atomic E-state index is -0.532. The highest BCUT2D eigenvalue weighted by Gasteiger charge is 2.40. The van der Waals surface area contributed by atoms with E-state index in [0.717, 1.165) is 23.2 Å². The Morgan fingerprint density at radius 3 is 2.31 bits per heavy atom. The minimum Gasteiger partial charge on any atom is -0.274 e. The number of hydrogen-bond donors (Lipinski definition) is 0. The highest BCUT2D eigenvalue weighted by Crippen LogP contribution is 2.44. The van der Waals surface area contributed by atoms with Gasteiger partial charge in [0.2, 0.25) is 0 Å². The van der Waals surface area contributed by atoms with Crippen molar-refractivity contribution in [3.05, 3.63) is 114 Å². The van der Waals surface area contributed by atoms with Crippen molar-refractivity contribution in [2.24, 2.45) is 4.99 Å². The molecule has 2 aliphatic heterocycles. The monoisotopic (exact) mass is 482 g/mol. The van der Waals surface area contributed by atoms with Gasteiger partial charge in [-0.2, -0.15) is 0 Å². The Morgan fingerprint density at radius 1 is 0.972 bits per heavy atom. The lowest BCUT2D eigenvalue weighted by Gasteiger charge is -2.18. The van der Waals surface area contributed by atoms with Crippen molar-refractivity contribution >= 4 is 34.4 Å². The predicted octanol–water partition coefficient (Wildman–Crippen LogP) is 6.16. The molecule has 180 valence electrons. The molecule has 0 N–H and O–H groups in total. The molecule has 0 radical (unpaired) electrons. The maximum atomic E-state index is 13.9. The van der Waals surface area contributed by atoms with Crippen molar-refractivity contribution in [3.8, 4) is 0 Å². The van der Waals surface area contributed by atoms with E-state index in [4.69, 9.17) is 4.99 Å². The summed E-state index contributed by atoms with van der Waals surface area (Å²) in [5, 5.41) is 23.0. The molecule has 1 atom stereocenters. The fourth-order valence-corrected chi connectivity index (χ4v) is 4.85. The van der Waals surface area contributed by atoms with Crippen molar-refractivity contribution in [1.82, 2.24) is 0 Å². The molecule has 0 saturated heterocycles. The van der Waals surface area contributed by atoms with E-state index < -0.39 is 15.8 Å². The average molecular weight is 482 g/mol. The zero-order valence-corrected chi connectivity index (χ0v) is 19.9. The van der Waals surface area contributed by atoms with E-state index in [0.29, 0.717) is 28.2 Å². The van der Waals surface area contributed by atoms with Crippen molar-refractivity contribution in [2.45, 2.75) is 33.1 Å². The Kier molecular flexibility index (Phi) is 5.47. The molecule has 9 heteroatoms. The van der Waals surface area contributed by atoms with Gasteiger partial charge in [0.25, 0.3) is 17.3 Å². The van der Waals surface area contributed by atoms with Crippen LogP contribution in [0.25, 0.3) is 0 Å². The molecule has 0 spiro atoms. The number of hydrogen-bond acceptors (Lipinski definition) is 6. The molecule has 36 heavy (non-hydrogen) atoms. The van der Waals surface area contributed by atoms with E-state index in [9.17, 15) is 25.0 Å². The Bertz CT molecular complexity index is 1540. The molecular formula is C27H22N4O5. The van der Waals surface area contributed by atoms with Crippen LogP contribution >= 0.6 is 0 Å². The number of rotatable bonds is 4. The first kappa shape index (κ1) is 23.1. The third-order valence-corrected chi connectivity index (χ3v) is 6.68. The molecule has 1 amide bonds. The number of benzene rings is 3. The number of nitrogens with zero attached hydrogens (tertiary/aromatic N) is 4. The topological polar surface area (TPSA) is 119 Å². The standard InChI is InChI=1S/C27H22N4O5/c1-4-17-7-5-6-15(2)25(17)28-26-22-14-19(31(35)36)9-11-23(22)29-24(26)12-16(3)20-10-8-18(30(33)34)13-21(20)27(29)32/h5-14,16H,4H2,1-3H3. The van der Waals surface area contributed by atoms with E-state index >= 15 is 0 Å². The summed E-state index contributed by atoms with van der Waals surface area (Å²) in [4.78, 5) is 42.3. The van der Waals surface area contributed by atoms with Crippen LogP contribution in [0.15, 0.2) is 71.4 Å². The lowest BCUT2D eigenvalue weighted by Crippen LogP contribution is -2.28. The quantitative estimate of drug-likeness (QED) is 0.326. The van der Waals surface area contributed by atoms with E-state index in [2.05, 4.69) is 0 Å². The van der Waals surface area contributed by atoms with Crippen molar-refractivity contribution in [3.63, 3.8) is 0 Å². The molecule has 2 aliphatic rings. The summed E-state index contributed by atoms with van der Waals surface area (Å²) in [5.74, 6) is -0.702. The van der Waals surface area contributed by atoms with Crippen LogP contribution in [0.1, 0.15) is 52.4 Å². The number of nitro groups is 2. The third kappa shape index (κ3) is 3.56. The van der Waals surface area contributed by atoms with Crippen molar-refractivity contribution < 1.29 is 14.6 Å². The molecule has 5 rings (SSSR count). The second-order valence-corrected chi connectivity index (χ2v) is 8.86. The summed E-state index contributed by atoms with van der Waals surface area (Å²) in [7, 11) is 0. The van der Waals surface area contributed by atoms with Gasteiger partial charge in [0.1, 0.15) is 0 Å². The second-order valence-electron chi connectivity index (χ2n) is 8.86. The molecule has 0 fully saturated rings. The normalized spacial score (nSPS) is 17.2. The van der Waals surface area contributed by atoms with Gasteiger partial charge in [0, 0.05) is 35.7 Å². The van der Waals surface area contributed by atoms with Gasteiger partial charge in [0.15, 0.2) is 0 Å². The van der Waals surface area contributed by atoms with Gasteiger partial charge < -0.3 is 0 Å². The molecule has 0 aromatic heterocycles. The number of fused-ring (bicyclic) bond motifs is 4. The van der Waals surface area contributed by atoms with Crippen LogP contribution in [0.2, 0.25) is 0 Å². The summed E-state index contributed by atoms with van der Waals surface area (Å²) in [5.41, 5.74) is 5.20. The van der Waals surface area contributed by atoms with Gasteiger partial charge >= 0.3 is 0 Å². The van der Waals surface area contributed by atoms with E-state index in [1.807, 2.05) is 45.0 Å². The Morgan fingerprint density at radius 2 is 1.64 bits per heavy atom. The Labute approximate surface area is 206 Å². The first-order valence-electron chi connectivity index (χ1n) is 11.5. The Balaban J connectivity index is 1.80. The van der Waals surface area contributed by atoms with Gasteiger partial charge in [-0.3, -0.25) is 29.9 Å². The fourth-order valence-electron chi connectivity index (χ4n) is 4.85. The van der Waals surface area contributed by atoms with Crippen LogP contribution in [-0.2, 0) is 6.42 Å². The SMILES string of the molecule is CCc1cccc(C)c1N=C1C2=CC(C)c3ccc([N+](=O)[O-])cc3C(=O)N2c2ccc([N+](=O)[O-])cc21. The summed E-state index contributed by atoms with van der Waals surface area (Å²) < 4.78 is 0. The maximum Gasteiger partial charge on any atom is 0.270 e. The number of carbonyl (C=O) groups is 1. The summed E-state index contributed by atoms with van der Waals surface area (Å²) >= 11 is 0. The maximum absolute atomic E-state index is 13.9.